The summed E-state index contributed by atoms with van der Waals surface area (Å²) in [4.78, 5) is 13.9. The van der Waals surface area contributed by atoms with Gasteiger partial charge in [-0.3, -0.25) is 4.79 Å². The minimum atomic E-state index is -0.113. The van der Waals surface area contributed by atoms with Gasteiger partial charge in [-0.05, 0) is 39.0 Å². The normalized spacial score (nSPS) is 11.5. The Morgan fingerprint density at radius 3 is 2.75 bits per heavy atom. The van der Waals surface area contributed by atoms with E-state index in [0.29, 0.717) is 24.3 Å². The lowest BCUT2D eigenvalue weighted by Crippen LogP contribution is -2.29. The van der Waals surface area contributed by atoms with Crippen LogP contribution in [0, 0.1) is 17.2 Å². The topological polar surface area (TPSA) is 82.2 Å². The molecule has 0 saturated carbocycles. The fraction of sp³-hybridized carbons (Fsp3) is 0.467. The monoisotopic (exact) mass is 274 g/mol. The number of rotatable bonds is 6. The van der Waals surface area contributed by atoms with Crippen LogP contribution < -0.4 is 16.0 Å². The number of carbonyl (C=O) groups is 1. The van der Waals surface area contributed by atoms with E-state index >= 15 is 0 Å². The molecule has 5 nitrogen and oxygen atoms in total. The molecule has 0 saturated heterocycles. The highest BCUT2D eigenvalue weighted by Gasteiger charge is 2.14. The van der Waals surface area contributed by atoms with Crippen LogP contribution in [-0.4, -0.2) is 25.5 Å². The number of nitrogen functional groups attached to an aromatic ring is 1. The van der Waals surface area contributed by atoms with E-state index < -0.39 is 0 Å². The SMILES string of the molecule is CCNC(=O)c1ccc(N)c(N(CC)CC(C)C#N)c1. The zero-order valence-electron chi connectivity index (χ0n) is 12.3. The van der Waals surface area contributed by atoms with Gasteiger partial charge in [0.2, 0.25) is 0 Å². The molecule has 0 spiro atoms. The lowest BCUT2D eigenvalue weighted by Gasteiger charge is -2.26. The highest BCUT2D eigenvalue weighted by molar-refractivity contribution is 5.96. The first-order valence-electron chi connectivity index (χ1n) is 6.85. The van der Waals surface area contributed by atoms with Gasteiger partial charge in [0.1, 0.15) is 0 Å². The molecule has 0 aromatic heterocycles. The predicted molar refractivity (Wildman–Crippen MR) is 81.5 cm³/mol. The van der Waals surface area contributed by atoms with Crippen LogP contribution in [0.3, 0.4) is 0 Å². The van der Waals surface area contributed by atoms with Crippen molar-refractivity contribution in [3.05, 3.63) is 23.8 Å². The number of nitrogens with one attached hydrogen (secondary N) is 1. The lowest BCUT2D eigenvalue weighted by molar-refractivity contribution is 0.0956. The highest BCUT2D eigenvalue weighted by atomic mass is 16.1. The van der Waals surface area contributed by atoms with Crippen LogP contribution in [0.2, 0.25) is 0 Å². The third-order valence-electron chi connectivity index (χ3n) is 3.07. The van der Waals surface area contributed by atoms with Crippen molar-refractivity contribution in [1.82, 2.24) is 5.32 Å². The number of nitriles is 1. The van der Waals surface area contributed by atoms with E-state index in [1.54, 1.807) is 18.2 Å². The number of amides is 1. The molecule has 0 fully saturated rings. The molecule has 1 atom stereocenters. The van der Waals surface area contributed by atoms with E-state index in [9.17, 15) is 4.79 Å². The molecule has 1 aromatic carbocycles. The Morgan fingerprint density at radius 1 is 1.50 bits per heavy atom. The van der Waals surface area contributed by atoms with E-state index in [0.717, 1.165) is 12.2 Å². The second-order valence-corrected chi connectivity index (χ2v) is 4.70. The van der Waals surface area contributed by atoms with Gasteiger partial charge in [-0.25, -0.2) is 0 Å². The summed E-state index contributed by atoms with van der Waals surface area (Å²) in [6.07, 6.45) is 0. The predicted octanol–water partition coefficient (Wildman–Crippen LogP) is 2.00. The second kappa shape index (κ2) is 7.39. The van der Waals surface area contributed by atoms with Crippen LogP contribution in [-0.2, 0) is 0 Å². The number of hydrogen-bond acceptors (Lipinski definition) is 4. The molecule has 1 unspecified atom stereocenters. The van der Waals surface area contributed by atoms with Crippen LogP contribution in [0.1, 0.15) is 31.1 Å². The van der Waals surface area contributed by atoms with Gasteiger partial charge in [-0.2, -0.15) is 5.26 Å². The minimum Gasteiger partial charge on any atom is -0.397 e. The van der Waals surface area contributed by atoms with Gasteiger partial charge in [0.25, 0.3) is 5.91 Å². The third kappa shape index (κ3) is 3.89. The Morgan fingerprint density at radius 2 is 2.20 bits per heavy atom. The highest BCUT2D eigenvalue weighted by Crippen LogP contribution is 2.25. The first-order chi connectivity index (χ1) is 9.53. The standard InChI is InChI=1S/C15H22N4O/c1-4-18-15(20)12-6-7-13(17)14(8-12)19(5-2)10-11(3)9-16/h6-8,11H,4-5,10,17H2,1-3H3,(H,18,20). The average molecular weight is 274 g/mol. The van der Waals surface area contributed by atoms with Crippen molar-refractivity contribution in [2.24, 2.45) is 5.92 Å². The van der Waals surface area contributed by atoms with Gasteiger partial charge in [0.05, 0.1) is 23.4 Å². The Kier molecular flexibility index (Phi) is 5.85. The molecule has 0 radical (unpaired) electrons. The van der Waals surface area contributed by atoms with E-state index in [4.69, 9.17) is 11.0 Å². The van der Waals surface area contributed by atoms with Crippen LogP contribution in [0.25, 0.3) is 0 Å². The summed E-state index contributed by atoms with van der Waals surface area (Å²) in [5.74, 6) is -0.208. The van der Waals surface area contributed by atoms with E-state index in [1.165, 1.54) is 0 Å². The van der Waals surface area contributed by atoms with Crippen molar-refractivity contribution >= 4 is 17.3 Å². The van der Waals surface area contributed by atoms with Crippen molar-refractivity contribution in [1.29, 1.82) is 5.26 Å². The molecule has 0 aliphatic carbocycles. The molecule has 5 heteroatoms. The van der Waals surface area contributed by atoms with Gasteiger partial charge in [-0.15, -0.1) is 0 Å². The molecule has 1 aromatic rings. The summed E-state index contributed by atoms with van der Waals surface area (Å²) >= 11 is 0. The van der Waals surface area contributed by atoms with E-state index in [1.807, 2.05) is 25.7 Å². The Hall–Kier alpha value is -2.22. The van der Waals surface area contributed by atoms with Crippen molar-refractivity contribution < 1.29 is 4.79 Å². The smallest absolute Gasteiger partial charge is 0.251 e. The van der Waals surface area contributed by atoms with Crippen molar-refractivity contribution in [2.75, 3.05) is 30.3 Å². The van der Waals surface area contributed by atoms with Gasteiger partial charge < -0.3 is 16.0 Å². The molecule has 3 N–H and O–H groups in total. The van der Waals surface area contributed by atoms with Crippen molar-refractivity contribution in [3.63, 3.8) is 0 Å². The minimum absolute atomic E-state index is 0.0949. The van der Waals surface area contributed by atoms with Gasteiger partial charge >= 0.3 is 0 Å². The summed E-state index contributed by atoms with van der Waals surface area (Å²) in [6.45, 7) is 7.66. The fourth-order valence-corrected chi connectivity index (χ4v) is 1.99. The number of nitrogens with two attached hydrogens (primary N) is 1. The first kappa shape index (κ1) is 15.8. The maximum atomic E-state index is 11.9. The van der Waals surface area contributed by atoms with Crippen molar-refractivity contribution in [2.45, 2.75) is 20.8 Å². The third-order valence-corrected chi connectivity index (χ3v) is 3.07. The summed E-state index contributed by atoms with van der Waals surface area (Å²) in [5.41, 5.74) is 8.00. The molecular weight excluding hydrogens is 252 g/mol. The summed E-state index contributed by atoms with van der Waals surface area (Å²) in [7, 11) is 0. The fourth-order valence-electron chi connectivity index (χ4n) is 1.99. The van der Waals surface area contributed by atoms with Crippen LogP contribution >= 0.6 is 0 Å². The Balaban J connectivity index is 3.05. The first-order valence-corrected chi connectivity index (χ1v) is 6.85. The summed E-state index contributed by atoms with van der Waals surface area (Å²) in [6, 6.07) is 7.45. The van der Waals surface area contributed by atoms with Crippen LogP contribution in [0.15, 0.2) is 18.2 Å². The van der Waals surface area contributed by atoms with Gasteiger partial charge in [0.15, 0.2) is 0 Å². The average Bonchev–Trinajstić information content (AvgIpc) is 2.45. The zero-order valence-corrected chi connectivity index (χ0v) is 12.3. The maximum Gasteiger partial charge on any atom is 0.251 e. The second-order valence-electron chi connectivity index (χ2n) is 4.70. The molecule has 0 bridgehead atoms. The number of anilines is 2. The number of nitrogens with zero attached hydrogens (tertiary/aromatic N) is 2. The van der Waals surface area contributed by atoms with Crippen molar-refractivity contribution in [3.8, 4) is 6.07 Å². The Bertz CT molecular complexity index is 507. The summed E-state index contributed by atoms with van der Waals surface area (Å²) < 4.78 is 0. The molecule has 0 aliphatic rings. The summed E-state index contributed by atoms with van der Waals surface area (Å²) in [5, 5.41) is 11.7. The molecule has 108 valence electrons. The maximum absolute atomic E-state index is 11.9. The van der Waals surface area contributed by atoms with Gasteiger partial charge in [0, 0.05) is 25.2 Å². The lowest BCUT2D eigenvalue weighted by atomic mass is 10.1. The number of benzene rings is 1. The molecule has 1 amide bonds. The van der Waals surface area contributed by atoms with E-state index in [2.05, 4.69) is 11.4 Å². The molecular formula is C15H22N4O. The van der Waals surface area contributed by atoms with Crippen LogP contribution in [0.5, 0.6) is 0 Å². The molecule has 20 heavy (non-hydrogen) atoms. The quantitative estimate of drug-likeness (QED) is 0.777. The molecule has 0 heterocycles. The number of carbonyl (C=O) groups excluding carboxylic acids is 1. The molecule has 1 rings (SSSR count). The van der Waals surface area contributed by atoms with Crippen LogP contribution in [0.4, 0.5) is 11.4 Å². The number of hydrogen-bond donors (Lipinski definition) is 2. The van der Waals surface area contributed by atoms with E-state index in [-0.39, 0.29) is 11.8 Å². The van der Waals surface area contributed by atoms with Gasteiger partial charge in [-0.1, -0.05) is 0 Å². The molecule has 0 aliphatic heterocycles. The zero-order chi connectivity index (χ0) is 15.1. The largest absolute Gasteiger partial charge is 0.397 e. The Labute approximate surface area is 120 Å².